The van der Waals surface area contributed by atoms with E-state index in [1.165, 1.54) is 0 Å². The Labute approximate surface area is 121 Å². The monoisotopic (exact) mass is 282 g/mol. The summed E-state index contributed by atoms with van der Waals surface area (Å²) in [5.41, 5.74) is -0.482. The lowest BCUT2D eigenvalue weighted by atomic mass is 9.97. The molecule has 1 rings (SSSR count). The van der Waals surface area contributed by atoms with Gasteiger partial charge in [0.25, 0.3) is 5.91 Å². The maximum atomic E-state index is 12.3. The first-order valence-corrected chi connectivity index (χ1v) is 7.19. The van der Waals surface area contributed by atoms with E-state index in [0.717, 1.165) is 12.8 Å². The average Bonchev–Trinajstić information content (AvgIpc) is 2.58. The third-order valence-corrected chi connectivity index (χ3v) is 3.28. The van der Waals surface area contributed by atoms with E-state index in [0.29, 0.717) is 18.7 Å². The van der Waals surface area contributed by atoms with Crippen molar-refractivity contribution in [1.82, 2.24) is 4.90 Å². The zero-order valence-corrected chi connectivity index (χ0v) is 13.4. The highest BCUT2D eigenvalue weighted by molar-refractivity contribution is 6.42. The maximum Gasteiger partial charge on any atom is 0.434 e. The molecule has 1 saturated heterocycles. The number of ether oxygens (including phenoxy) is 1. The van der Waals surface area contributed by atoms with Gasteiger partial charge >= 0.3 is 6.09 Å². The highest BCUT2D eigenvalue weighted by Gasteiger charge is 2.37. The largest absolute Gasteiger partial charge is 0.442 e. The second-order valence-corrected chi connectivity index (χ2v) is 6.81. The molecule has 1 aliphatic heterocycles. The molecule has 1 aliphatic rings. The van der Waals surface area contributed by atoms with Gasteiger partial charge in [-0.2, -0.15) is 4.99 Å². The van der Waals surface area contributed by atoms with E-state index in [9.17, 15) is 9.59 Å². The van der Waals surface area contributed by atoms with E-state index in [1.54, 1.807) is 25.7 Å². The third kappa shape index (κ3) is 4.32. The van der Waals surface area contributed by atoms with Crippen LogP contribution >= 0.6 is 0 Å². The standard InChI is InChI=1S/C15H26N2O3/c1-7-9-15(5,6)17-10-8-11(12(17)18)16-13(19)20-14(2,3)4/h7-10H2,1-6H3/b16-11-. The third-order valence-electron chi connectivity index (χ3n) is 3.28. The van der Waals surface area contributed by atoms with E-state index in [1.807, 2.05) is 13.8 Å². The van der Waals surface area contributed by atoms with E-state index >= 15 is 0 Å². The van der Waals surface area contributed by atoms with Crippen molar-refractivity contribution in [3.63, 3.8) is 0 Å². The van der Waals surface area contributed by atoms with Crippen molar-refractivity contribution in [2.75, 3.05) is 6.54 Å². The number of nitrogens with zero attached hydrogens (tertiary/aromatic N) is 2. The van der Waals surface area contributed by atoms with Crippen LogP contribution in [0, 0.1) is 0 Å². The number of hydrogen-bond donors (Lipinski definition) is 0. The summed E-state index contributed by atoms with van der Waals surface area (Å²) in [5.74, 6) is -0.144. The minimum absolute atomic E-state index is 0.144. The van der Waals surface area contributed by atoms with Crippen LogP contribution in [-0.2, 0) is 9.53 Å². The van der Waals surface area contributed by atoms with Gasteiger partial charge in [-0.1, -0.05) is 13.3 Å². The minimum Gasteiger partial charge on any atom is -0.442 e. The van der Waals surface area contributed by atoms with Gasteiger partial charge in [0.15, 0.2) is 0 Å². The Morgan fingerprint density at radius 2 is 1.90 bits per heavy atom. The van der Waals surface area contributed by atoms with Gasteiger partial charge < -0.3 is 9.64 Å². The van der Waals surface area contributed by atoms with Crippen molar-refractivity contribution >= 4 is 17.7 Å². The SMILES string of the molecule is CCCC(C)(C)N1CC/C(=N/C(=O)OC(C)(C)C)C1=O. The zero-order chi connectivity index (χ0) is 15.6. The topological polar surface area (TPSA) is 59.0 Å². The van der Waals surface area contributed by atoms with Crippen molar-refractivity contribution in [2.24, 2.45) is 4.99 Å². The molecule has 5 heteroatoms. The second kappa shape index (κ2) is 5.94. The van der Waals surface area contributed by atoms with Crippen LogP contribution in [0.4, 0.5) is 4.79 Å². The lowest BCUT2D eigenvalue weighted by Crippen LogP contribution is -2.45. The van der Waals surface area contributed by atoms with Gasteiger partial charge in [0.1, 0.15) is 11.3 Å². The van der Waals surface area contributed by atoms with Gasteiger partial charge in [-0.3, -0.25) is 4.79 Å². The van der Waals surface area contributed by atoms with Gasteiger partial charge in [0.05, 0.1) is 0 Å². The summed E-state index contributed by atoms with van der Waals surface area (Å²) in [6.07, 6.45) is 1.76. The van der Waals surface area contributed by atoms with Gasteiger partial charge in [0, 0.05) is 18.5 Å². The number of carbonyl (C=O) groups is 2. The summed E-state index contributed by atoms with van der Waals surface area (Å²) in [7, 11) is 0. The molecule has 0 radical (unpaired) electrons. The van der Waals surface area contributed by atoms with Crippen LogP contribution in [-0.4, -0.2) is 40.3 Å². The Morgan fingerprint density at radius 1 is 1.30 bits per heavy atom. The molecule has 0 spiro atoms. The molecule has 20 heavy (non-hydrogen) atoms. The molecule has 0 aromatic carbocycles. The lowest BCUT2D eigenvalue weighted by molar-refractivity contribution is -0.127. The number of likely N-dealkylation sites (tertiary alicyclic amines) is 1. The summed E-state index contributed by atoms with van der Waals surface area (Å²) in [5, 5.41) is 0. The van der Waals surface area contributed by atoms with Crippen LogP contribution < -0.4 is 0 Å². The normalized spacial score (nSPS) is 18.8. The molecule has 0 bridgehead atoms. The molecule has 1 fully saturated rings. The molecule has 1 heterocycles. The van der Waals surface area contributed by atoms with Gasteiger partial charge in [-0.15, -0.1) is 0 Å². The molecule has 0 N–H and O–H groups in total. The number of carbonyl (C=O) groups excluding carboxylic acids is 2. The molecular formula is C15H26N2O3. The Kier molecular flexibility index (Phi) is 4.95. The molecule has 0 saturated carbocycles. The fourth-order valence-electron chi connectivity index (χ4n) is 2.40. The highest BCUT2D eigenvalue weighted by atomic mass is 16.6. The Balaban J connectivity index is 2.78. The van der Waals surface area contributed by atoms with Gasteiger partial charge in [-0.25, -0.2) is 4.79 Å². The smallest absolute Gasteiger partial charge is 0.434 e. The first-order chi connectivity index (χ1) is 9.07. The molecule has 0 aromatic rings. The first-order valence-electron chi connectivity index (χ1n) is 7.19. The predicted molar refractivity (Wildman–Crippen MR) is 79.0 cm³/mol. The first kappa shape index (κ1) is 16.7. The fraction of sp³-hybridized carbons (Fsp3) is 0.800. The van der Waals surface area contributed by atoms with Crippen molar-refractivity contribution in [3.05, 3.63) is 0 Å². The maximum absolute atomic E-state index is 12.3. The van der Waals surface area contributed by atoms with Gasteiger partial charge in [0.2, 0.25) is 0 Å². The van der Waals surface area contributed by atoms with E-state index in [4.69, 9.17) is 4.74 Å². The van der Waals surface area contributed by atoms with E-state index in [2.05, 4.69) is 11.9 Å². The number of rotatable bonds is 3. The Bertz CT molecular complexity index is 419. The summed E-state index contributed by atoms with van der Waals surface area (Å²) in [4.78, 5) is 29.6. The average molecular weight is 282 g/mol. The van der Waals surface area contributed by atoms with E-state index < -0.39 is 11.7 Å². The molecule has 2 amide bonds. The van der Waals surface area contributed by atoms with Crippen LogP contribution in [0.1, 0.15) is 60.8 Å². The lowest BCUT2D eigenvalue weighted by Gasteiger charge is -2.35. The number of amides is 2. The second-order valence-electron chi connectivity index (χ2n) is 6.81. The highest BCUT2D eigenvalue weighted by Crippen LogP contribution is 2.25. The van der Waals surface area contributed by atoms with Crippen molar-refractivity contribution in [1.29, 1.82) is 0 Å². The molecule has 0 aromatic heterocycles. The molecular weight excluding hydrogens is 256 g/mol. The Morgan fingerprint density at radius 3 is 2.40 bits per heavy atom. The van der Waals surface area contributed by atoms with Crippen molar-refractivity contribution in [2.45, 2.75) is 71.9 Å². The fourth-order valence-corrected chi connectivity index (χ4v) is 2.40. The molecule has 0 unspecified atom stereocenters. The molecule has 5 nitrogen and oxygen atoms in total. The van der Waals surface area contributed by atoms with Gasteiger partial charge in [-0.05, 0) is 41.0 Å². The molecule has 114 valence electrons. The van der Waals surface area contributed by atoms with Crippen LogP contribution in [0.5, 0.6) is 0 Å². The Hall–Kier alpha value is -1.39. The zero-order valence-electron chi connectivity index (χ0n) is 13.4. The van der Waals surface area contributed by atoms with Crippen molar-refractivity contribution in [3.8, 4) is 0 Å². The van der Waals surface area contributed by atoms with Crippen LogP contribution in [0.2, 0.25) is 0 Å². The summed E-state index contributed by atoms with van der Waals surface area (Å²) >= 11 is 0. The summed E-state index contributed by atoms with van der Waals surface area (Å²) in [6, 6.07) is 0. The predicted octanol–water partition coefficient (Wildman–Crippen LogP) is 3.17. The van der Waals surface area contributed by atoms with Crippen LogP contribution in [0.25, 0.3) is 0 Å². The molecule has 0 atom stereocenters. The summed E-state index contributed by atoms with van der Waals surface area (Å²) in [6.45, 7) is 12.1. The minimum atomic E-state index is -0.684. The van der Waals surface area contributed by atoms with Crippen molar-refractivity contribution < 1.29 is 14.3 Å². The quantitative estimate of drug-likeness (QED) is 0.798. The number of aliphatic imine (C=N–C) groups is 1. The van der Waals surface area contributed by atoms with Crippen LogP contribution in [0.15, 0.2) is 4.99 Å². The van der Waals surface area contributed by atoms with E-state index in [-0.39, 0.29) is 11.4 Å². The molecule has 0 aliphatic carbocycles. The number of hydrogen-bond acceptors (Lipinski definition) is 3. The summed E-state index contributed by atoms with van der Waals surface area (Å²) < 4.78 is 5.12. The van der Waals surface area contributed by atoms with Crippen LogP contribution in [0.3, 0.4) is 0 Å².